The zero-order chi connectivity index (χ0) is 15.1. The normalized spacial score (nSPS) is 10.8. The van der Waals surface area contributed by atoms with E-state index in [1.54, 1.807) is 6.92 Å². The third kappa shape index (κ3) is 4.47. The van der Waals surface area contributed by atoms with Crippen LogP contribution in [0.15, 0.2) is 12.1 Å². The van der Waals surface area contributed by atoms with Crippen molar-refractivity contribution in [2.75, 3.05) is 19.8 Å². The fourth-order valence-corrected chi connectivity index (χ4v) is 1.92. The molecule has 1 aromatic rings. The summed E-state index contributed by atoms with van der Waals surface area (Å²) in [5.41, 5.74) is 1.52. The summed E-state index contributed by atoms with van der Waals surface area (Å²) < 4.78 is 16.3. The third-order valence-electron chi connectivity index (χ3n) is 2.66. The number of hydrogen-bond acceptors (Lipinski definition) is 5. The van der Waals surface area contributed by atoms with Crippen LogP contribution in [0, 0.1) is 24.0 Å². The van der Waals surface area contributed by atoms with Crippen LogP contribution in [0.4, 0.5) is 5.69 Å². The molecule has 0 amide bonds. The number of rotatable bonds is 8. The first-order valence-corrected chi connectivity index (χ1v) is 6.61. The minimum atomic E-state index is -0.523. The van der Waals surface area contributed by atoms with Crippen molar-refractivity contribution in [2.45, 2.75) is 34.0 Å². The molecule has 0 fully saturated rings. The van der Waals surface area contributed by atoms with Crippen molar-refractivity contribution in [2.24, 2.45) is 0 Å². The molecule has 0 heterocycles. The van der Waals surface area contributed by atoms with Crippen LogP contribution in [-0.2, 0) is 9.47 Å². The van der Waals surface area contributed by atoms with Crippen LogP contribution in [-0.4, -0.2) is 31.0 Å². The number of benzene rings is 1. The Kier molecular flexibility index (Phi) is 6.41. The quantitative estimate of drug-likeness (QED) is 0.416. The first kappa shape index (κ1) is 16.4. The summed E-state index contributed by atoms with van der Waals surface area (Å²) in [6.07, 6.45) is -0.523. The Morgan fingerprint density at radius 3 is 2.30 bits per heavy atom. The Hall–Kier alpha value is -1.66. The second-order valence-corrected chi connectivity index (χ2v) is 4.34. The molecule has 20 heavy (non-hydrogen) atoms. The van der Waals surface area contributed by atoms with E-state index < -0.39 is 11.2 Å². The summed E-state index contributed by atoms with van der Waals surface area (Å²) in [6, 6.07) is 3.34. The molecule has 112 valence electrons. The Labute approximate surface area is 118 Å². The number of nitrogens with zero attached hydrogens (tertiary/aromatic N) is 1. The van der Waals surface area contributed by atoms with Crippen molar-refractivity contribution in [3.8, 4) is 5.75 Å². The highest BCUT2D eigenvalue weighted by molar-refractivity contribution is 5.53. The minimum absolute atomic E-state index is 0.0331. The van der Waals surface area contributed by atoms with Gasteiger partial charge in [-0.3, -0.25) is 10.1 Å². The molecule has 0 bridgehead atoms. The van der Waals surface area contributed by atoms with Gasteiger partial charge in [0.05, 0.1) is 4.92 Å². The van der Waals surface area contributed by atoms with Gasteiger partial charge in [0, 0.05) is 19.3 Å². The van der Waals surface area contributed by atoms with Gasteiger partial charge in [0.15, 0.2) is 12.0 Å². The van der Waals surface area contributed by atoms with E-state index in [9.17, 15) is 10.1 Å². The zero-order valence-electron chi connectivity index (χ0n) is 12.3. The van der Waals surface area contributed by atoms with E-state index in [1.807, 2.05) is 26.8 Å². The van der Waals surface area contributed by atoms with Gasteiger partial charge in [0.25, 0.3) is 0 Å². The maximum Gasteiger partial charge on any atom is 0.311 e. The van der Waals surface area contributed by atoms with Gasteiger partial charge < -0.3 is 14.2 Å². The van der Waals surface area contributed by atoms with Crippen molar-refractivity contribution in [1.29, 1.82) is 0 Å². The molecule has 0 aliphatic rings. The lowest BCUT2D eigenvalue weighted by atomic mass is 10.1. The molecule has 0 unspecified atom stereocenters. The smallest absolute Gasteiger partial charge is 0.311 e. The molecule has 0 aliphatic heterocycles. The molecular weight excluding hydrogens is 262 g/mol. The Bertz CT molecular complexity index is 455. The van der Waals surface area contributed by atoms with E-state index in [2.05, 4.69) is 0 Å². The number of hydrogen-bond donors (Lipinski definition) is 0. The van der Waals surface area contributed by atoms with Gasteiger partial charge in [-0.25, -0.2) is 0 Å². The monoisotopic (exact) mass is 283 g/mol. The summed E-state index contributed by atoms with van der Waals surface area (Å²) in [5.74, 6) is 0.269. The molecule has 1 rings (SSSR count). The molecule has 0 saturated heterocycles. The largest absolute Gasteiger partial charge is 0.481 e. The molecule has 0 radical (unpaired) electrons. The lowest BCUT2D eigenvalue weighted by molar-refractivity contribution is -0.386. The molecule has 0 atom stereocenters. The van der Waals surface area contributed by atoms with Gasteiger partial charge in [-0.2, -0.15) is 0 Å². The van der Waals surface area contributed by atoms with Crippen LogP contribution in [0.5, 0.6) is 5.75 Å². The Morgan fingerprint density at radius 1 is 1.20 bits per heavy atom. The number of aryl methyl sites for hydroxylation is 2. The van der Waals surface area contributed by atoms with Gasteiger partial charge in [0.1, 0.15) is 6.61 Å². The standard InChI is InChI=1S/C14H21NO5/c1-5-18-13(19-6-2)9-20-14-11(4)7-10(3)8-12(14)15(16)17/h7-8,13H,5-6,9H2,1-4H3. The maximum atomic E-state index is 11.1. The summed E-state index contributed by atoms with van der Waals surface area (Å²) >= 11 is 0. The van der Waals surface area contributed by atoms with Crippen LogP contribution in [0.25, 0.3) is 0 Å². The van der Waals surface area contributed by atoms with E-state index in [-0.39, 0.29) is 18.0 Å². The highest BCUT2D eigenvalue weighted by Crippen LogP contribution is 2.32. The highest BCUT2D eigenvalue weighted by Gasteiger charge is 2.20. The minimum Gasteiger partial charge on any atom is -0.481 e. The molecule has 6 heteroatoms. The average Bonchev–Trinajstić information content (AvgIpc) is 2.37. The van der Waals surface area contributed by atoms with Crippen molar-refractivity contribution < 1.29 is 19.1 Å². The average molecular weight is 283 g/mol. The number of nitro benzene ring substituents is 1. The molecule has 0 saturated carbocycles. The predicted molar refractivity (Wildman–Crippen MR) is 75.1 cm³/mol. The van der Waals surface area contributed by atoms with Crippen molar-refractivity contribution in [3.05, 3.63) is 33.4 Å². The summed E-state index contributed by atoms with van der Waals surface area (Å²) in [5, 5.41) is 11.1. The van der Waals surface area contributed by atoms with E-state index in [0.29, 0.717) is 13.2 Å². The second-order valence-electron chi connectivity index (χ2n) is 4.34. The first-order valence-electron chi connectivity index (χ1n) is 6.61. The number of nitro groups is 1. The molecule has 0 aliphatic carbocycles. The van der Waals surface area contributed by atoms with Crippen molar-refractivity contribution in [1.82, 2.24) is 0 Å². The molecule has 0 N–H and O–H groups in total. The van der Waals surface area contributed by atoms with Gasteiger partial charge in [-0.15, -0.1) is 0 Å². The SMILES string of the molecule is CCOC(COc1c(C)cc(C)cc1[N+](=O)[O-])OCC. The third-order valence-corrected chi connectivity index (χ3v) is 2.66. The summed E-state index contributed by atoms with van der Waals surface area (Å²) in [6.45, 7) is 8.40. The van der Waals surface area contributed by atoms with E-state index in [0.717, 1.165) is 11.1 Å². The van der Waals surface area contributed by atoms with Crippen molar-refractivity contribution >= 4 is 5.69 Å². The van der Waals surface area contributed by atoms with Crippen LogP contribution in [0.1, 0.15) is 25.0 Å². The molecule has 0 spiro atoms. The molecular formula is C14H21NO5. The molecule has 0 aromatic heterocycles. The lowest BCUT2D eigenvalue weighted by Gasteiger charge is -2.18. The predicted octanol–water partition coefficient (Wildman–Crippen LogP) is 2.99. The van der Waals surface area contributed by atoms with Crippen LogP contribution in [0.2, 0.25) is 0 Å². The summed E-state index contributed by atoms with van der Waals surface area (Å²) in [7, 11) is 0. The van der Waals surface area contributed by atoms with E-state index in [4.69, 9.17) is 14.2 Å². The van der Waals surface area contributed by atoms with Crippen LogP contribution < -0.4 is 4.74 Å². The van der Waals surface area contributed by atoms with Gasteiger partial charge in [0.2, 0.25) is 0 Å². The van der Waals surface area contributed by atoms with E-state index >= 15 is 0 Å². The molecule has 6 nitrogen and oxygen atoms in total. The van der Waals surface area contributed by atoms with Gasteiger partial charge >= 0.3 is 5.69 Å². The fraction of sp³-hybridized carbons (Fsp3) is 0.571. The highest BCUT2D eigenvalue weighted by atomic mass is 16.7. The summed E-state index contributed by atoms with van der Waals surface area (Å²) in [4.78, 5) is 10.6. The Balaban J connectivity index is 2.88. The molecule has 1 aromatic carbocycles. The zero-order valence-corrected chi connectivity index (χ0v) is 12.3. The first-order chi connectivity index (χ1) is 9.49. The van der Waals surface area contributed by atoms with Crippen LogP contribution >= 0.6 is 0 Å². The van der Waals surface area contributed by atoms with Gasteiger partial charge in [-0.1, -0.05) is 6.07 Å². The van der Waals surface area contributed by atoms with Gasteiger partial charge in [-0.05, 0) is 38.8 Å². The topological polar surface area (TPSA) is 70.8 Å². The lowest BCUT2D eigenvalue weighted by Crippen LogP contribution is -2.25. The Morgan fingerprint density at radius 2 is 1.80 bits per heavy atom. The van der Waals surface area contributed by atoms with E-state index in [1.165, 1.54) is 6.07 Å². The van der Waals surface area contributed by atoms with Crippen molar-refractivity contribution in [3.63, 3.8) is 0 Å². The maximum absolute atomic E-state index is 11.1. The fourth-order valence-electron chi connectivity index (χ4n) is 1.92. The number of ether oxygens (including phenoxy) is 3. The second kappa shape index (κ2) is 7.81. The van der Waals surface area contributed by atoms with Crippen LogP contribution in [0.3, 0.4) is 0 Å².